The van der Waals surface area contributed by atoms with Crippen molar-refractivity contribution in [1.82, 2.24) is 0 Å². The topological polar surface area (TPSA) is 26.3 Å². The second-order valence-corrected chi connectivity index (χ2v) is 13.3. The van der Waals surface area contributed by atoms with Crippen molar-refractivity contribution in [1.29, 1.82) is 0 Å². The van der Waals surface area contributed by atoms with Crippen LogP contribution in [-0.2, 0) is 9.53 Å². The van der Waals surface area contributed by atoms with Crippen molar-refractivity contribution >= 4 is 29.1 Å². The maximum Gasteiger partial charge on any atom is 0.306 e. The number of carbonyl (C=O) groups is 1. The van der Waals surface area contributed by atoms with E-state index in [1.165, 1.54) is 28.8 Å². The van der Waals surface area contributed by atoms with Gasteiger partial charge in [-0.3, -0.25) is 4.79 Å². The highest BCUT2D eigenvalue weighted by Crippen LogP contribution is 2.55. The van der Waals surface area contributed by atoms with Crippen molar-refractivity contribution in [3.05, 3.63) is 91.0 Å². The fourth-order valence-electron chi connectivity index (χ4n) is 4.42. The molecule has 33 heavy (non-hydrogen) atoms. The number of ether oxygens (including phenoxy) is 1. The summed E-state index contributed by atoms with van der Waals surface area (Å²) in [4.78, 5) is 11.9. The number of carbonyl (C=O) groups excluding carboxylic acids is 1. The molecular weight excluding hydrogens is 423 g/mol. The van der Waals surface area contributed by atoms with Gasteiger partial charge in [0.15, 0.2) is 0 Å². The zero-order valence-electron chi connectivity index (χ0n) is 20.4. The zero-order chi connectivity index (χ0) is 23.6. The second-order valence-electron chi connectivity index (χ2n) is 9.64. The van der Waals surface area contributed by atoms with Gasteiger partial charge in [0.05, 0.1) is 6.16 Å². The lowest BCUT2D eigenvalue weighted by molar-refractivity contribution is -0.154. The van der Waals surface area contributed by atoms with E-state index in [1.807, 2.05) is 20.8 Å². The smallest absolute Gasteiger partial charge is 0.306 e. The minimum atomic E-state index is -1.72. The van der Waals surface area contributed by atoms with E-state index in [4.69, 9.17) is 4.74 Å². The Balaban J connectivity index is 1.68. The van der Waals surface area contributed by atoms with Crippen molar-refractivity contribution in [2.75, 3.05) is 6.16 Å². The van der Waals surface area contributed by atoms with Crippen LogP contribution in [0.4, 0.5) is 0 Å². The van der Waals surface area contributed by atoms with Crippen LogP contribution < -0.4 is 15.9 Å². The molecule has 3 heteroatoms. The second kappa shape index (κ2) is 12.1. The first kappa shape index (κ1) is 25.2. The van der Waals surface area contributed by atoms with Gasteiger partial charge < -0.3 is 4.74 Å². The number of rotatable bonds is 11. The fourth-order valence-corrected chi connectivity index (χ4v) is 8.83. The van der Waals surface area contributed by atoms with Crippen molar-refractivity contribution < 1.29 is 9.53 Å². The normalized spacial score (nSPS) is 11.8. The molecule has 0 amide bonds. The van der Waals surface area contributed by atoms with E-state index in [9.17, 15) is 4.79 Å². The van der Waals surface area contributed by atoms with E-state index in [-0.39, 0.29) is 5.97 Å². The number of esters is 1. The van der Waals surface area contributed by atoms with Gasteiger partial charge >= 0.3 is 5.97 Å². The monoisotopic (exact) mass is 461 g/mol. The predicted molar refractivity (Wildman–Crippen MR) is 144 cm³/mol. The molecule has 0 bridgehead atoms. The third kappa shape index (κ3) is 7.27. The molecule has 0 heterocycles. The van der Waals surface area contributed by atoms with E-state index in [1.54, 1.807) is 0 Å². The van der Waals surface area contributed by atoms with Crippen LogP contribution in [0.15, 0.2) is 91.0 Å². The summed E-state index contributed by atoms with van der Waals surface area (Å²) in [5.41, 5.74) is -0.392. The molecular formula is C30H38O2P+. The summed E-state index contributed by atoms with van der Waals surface area (Å²) in [7, 11) is -1.72. The number of hydrogen-bond acceptors (Lipinski definition) is 2. The SMILES string of the molecule is CC(C)(C)OC(=O)CCCCCCC[P+](c1ccccc1)(c1ccccc1)c1ccccc1. The summed E-state index contributed by atoms with van der Waals surface area (Å²) in [5.74, 6) is -0.0790. The summed E-state index contributed by atoms with van der Waals surface area (Å²) in [6, 6.07) is 33.3. The Morgan fingerprint density at radius 2 is 1.03 bits per heavy atom. The van der Waals surface area contributed by atoms with Gasteiger partial charge in [-0.15, -0.1) is 0 Å². The summed E-state index contributed by atoms with van der Waals surface area (Å²) >= 11 is 0. The Hall–Kier alpha value is -2.44. The molecule has 0 spiro atoms. The lowest BCUT2D eigenvalue weighted by Crippen LogP contribution is -2.33. The lowest BCUT2D eigenvalue weighted by Gasteiger charge is -2.27. The van der Waals surface area contributed by atoms with Crippen molar-refractivity contribution in [2.45, 2.75) is 64.9 Å². The highest BCUT2D eigenvalue weighted by molar-refractivity contribution is 7.95. The van der Waals surface area contributed by atoms with Gasteiger partial charge in [0.1, 0.15) is 28.8 Å². The average molecular weight is 462 g/mol. The van der Waals surface area contributed by atoms with Crippen LogP contribution in [0, 0.1) is 0 Å². The van der Waals surface area contributed by atoms with Crippen molar-refractivity contribution in [2.24, 2.45) is 0 Å². The maximum absolute atomic E-state index is 11.9. The Kier molecular flexibility index (Phi) is 9.27. The first-order chi connectivity index (χ1) is 15.9. The minimum Gasteiger partial charge on any atom is -0.460 e. The summed E-state index contributed by atoms with van der Waals surface area (Å²) in [5, 5.41) is 4.35. The van der Waals surface area contributed by atoms with Gasteiger partial charge in [0.2, 0.25) is 0 Å². The van der Waals surface area contributed by atoms with E-state index in [0.29, 0.717) is 6.42 Å². The molecule has 174 valence electrons. The highest BCUT2D eigenvalue weighted by atomic mass is 31.2. The first-order valence-corrected chi connectivity index (χ1v) is 14.2. The standard InChI is InChI=1S/C30H38O2P/c1-30(2,3)32-29(31)24-16-5-4-6-17-25-33(26-18-10-7-11-19-26,27-20-12-8-13-21-27)28-22-14-9-15-23-28/h7-15,18-23H,4-6,16-17,24-25H2,1-3H3/q+1. The van der Waals surface area contributed by atoms with Gasteiger partial charge in [-0.05, 0) is 76.4 Å². The molecule has 0 fully saturated rings. The third-order valence-electron chi connectivity index (χ3n) is 5.89. The first-order valence-electron chi connectivity index (χ1n) is 12.2. The molecule has 0 aliphatic heterocycles. The average Bonchev–Trinajstić information content (AvgIpc) is 2.82. The number of hydrogen-bond donors (Lipinski definition) is 0. The van der Waals surface area contributed by atoms with Gasteiger partial charge in [-0.1, -0.05) is 67.4 Å². The summed E-state index contributed by atoms with van der Waals surface area (Å²) < 4.78 is 5.42. The van der Waals surface area contributed by atoms with Crippen LogP contribution in [-0.4, -0.2) is 17.7 Å². The molecule has 0 saturated heterocycles. The maximum atomic E-state index is 11.9. The van der Waals surface area contributed by atoms with Gasteiger partial charge in [-0.2, -0.15) is 0 Å². The molecule has 0 radical (unpaired) electrons. The summed E-state index contributed by atoms with van der Waals surface area (Å²) in [6.45, 7) is 5.77. The Bertz CT molecular complexity index is 866. The van der Waals surface area contributed by atoms with E-state index < -0.39 is 12.9 Å². The molecule has 0 unspecified atom stereocenters. The van der Waals surface area contributed by atoms with Gasteiger partial charge in [-0.25, -0.2) is 0 Å². The molecule has 3 aromatic rings. The van der Waals surface area contributed by atoms with Gasteiger partial charge in [0.25, 0.3) is 0 Å². The fraction of sp³-hybridized carbons (Fsp3) is 0.367. The Morgan fingerprint density at radius 3 is 1.45 bits per heavy atom. The third-order valence-corrected chi connectivity index (χ3v) is 10.4. The van der Waals surface area contributed by atoms with E-state index in [0.717, 1.165) is 25.4 Å². The van der Waals surface area contributed by atoms with Crippen LogP contribution in [0.2, 0.25) is 0 Å². The molecule has 3 aromatic carbocycles. The van der Waals surface area contributed by atoms with Crippen LogP contribution in [0.1, 0.15) is 59.3 Å². The predicted octanol–water partition coefficient (Wildman–Crippen LogP) is 6.66. The van der Waals surface area contributed by atoms with Gasteiger partial charge in [0, 0.05) is 6.42 Å². The molecule has 3 rings (SSSR count). The Morgan fingerprint density at radius 1 is 0.636 bits per heavy atom. The molecule has 0 aliphatic carbocycles. The molecule has 0 atom stereocenters. The van der Waals surface area contributed by atoms with Crippen LogP contribution in [0.25, 0.3) is 0 Å². The number of benzene rings is 3. The largest absolute Gasteiger partial charge is 0.460 e. The molecule has 0 aromatic heterocycles. The van der Waals surface area contributed by atoms with E-state index in [2.05, 4.69) is 91.0 Å². The number of unbranched alkanes of at least 4 members (excludes halogenated alkanes) is 4. The van der Waals surface area contributed by atoms with Crippen LogP contribution in [0.5, 0.6) is 0 Å². The summed E-state index contributed by atoms with van der Waals surface area (Å²) in [6.07, 6.45) is 7.18. The Labute approximate surface area is 200 Å². The quantitative estimate of drug-likeness (QED) is 0.181. The van der Waals surface area contributed by atoms with Crippen molar-refractivity contribution in [3.63, 3.8) is 0 Å². The van der Waals surface area contributed by atoms with Crippen LogP contribution >= 0.6 is 7.26 Å². The van der Waals surface area contributed by atoms with E-state index >= 15 is 0 Å². The van der Waals surface area contributed by atoms with Crippen molar-refractivity contribution in [3.8, 4) is 0 Å². The molecule has 0 aliphatic rings. The molecule has 0 N–H and O–H groups in total. The highest BCUT2D eigenvalue weighted by Gasteiger charge is 2.44. The molecule has 0 saturated carbocycles. The minimum absolute atomic E-state index is 0.0790. The molecule has 2 nitrogen and oxygen atoms in total. The lowest BCUT2D eigenvalue weighted by atomic mass is 10.1. The zero-order valence-corrected chi connectivity index (χ0v) is 21.3. The van der Waals surface area contributed by atoms with Crippen LogP contribution in [0.3, 0.4) is 0 Å².